The van der Waals surface area contributed by atoms with Crippen LogP contribution in [0.2, 0.25) is 0 Å². The smallest absolute Gasteiger partial charge is 0.0281 e. The molecule has 1 heterocycles. The van der Waals surface area contributed by atoms with E-state index in [-0.39, 0.29) is 0 Å². The van der Waals surface area contributed by atoms with Gasteiger partial charge in [0.2, 0.25) is 0 Å². The van der Waals surface area contributed by atoms with Crippen LogP contribution in [0.5, 0.6) is 0 Å². The SMILES string of the molecule is NCCC1CCCCN1C1C=CCCC1. The number of piperidine rings is 1. The van der Waals surface area contributed by atoms with Crippen molar-refractivity contribution in [2.24, 2.45) is 5.73 Å². The van der Waals surface area contributed by atoms with Crippen molar-refractivity contribution in [3.8, 4) is 0 Å². The Balaban J connectivity index is 1.96. The molecule has 1 aliphatic heterocycles. The van der Waals surface area contributed by atoms with Gasteiger partial charge in [0.05, 0.1) is 0 Å². The highest BCUT2D eigenvalue weighted by Crippen LogP contribution is 2.26. The Morgan fingerprint density at radius 3 is 2.87 bits per heavy atom. The molecule has 0 bridgehead atoms. The highest BCUT2D eigenvalue weighted by molar-refractivity contribution is 5.00. The van der Waals surface area contributed by atoms with Gasteiger partial charge >= 0.3 is 0 Å². The van der Waals surface area contributed by atoms with Gasteiger partial charge in [-0.05, 0) is 51.6 Å². The van der Waals surface area contributed by atoms with E-state index in [0.717, 1.165) is 18.6 Å². The Labute approximate surface area is 93.5 Å². The molecule has 0 aromatic rings. The Morgan fingerprint density at radius 2 is 2.13 bits per heavy atom. The van der Waals surface area contributed by atoms with Crippen LogP contribution in [0.1, 0.15) is 44.9 Å². The quantitative estimate of drug-likeness (QED) is 0.721. The maximum Gasteiger partial charge on any atom is 0.0281 e. The number of nitrogens with zero attached hydrogens (tertiary/aromatic N) is 1. The van der Waals surface area contributed by atoms with Gasteiger partial charge in [0.1, 0.15) is 0 Å². The Hall–Kier alpha value is -0.340. The van der Waals surface area contributed by atoms with Crippen LogP contribution >= 0.6 is 0 Å². The standard InChI is InChI=1S/C13H24N2/c14-10-9-13-8-4-5-11-15(13)12-6-2-1-3-7-12/h2,6,12-13H,1,3-5,7-11,14H2. The summed E-state index contributed by atoms with van der Waals surface area (Å²) in [4.78, 5) is 2.71. The maximum atomic E-state index is 5.71. The predicted octanol–water partition coefficient (Wildman–Crippen LogP) is 2.30. The second kappa shape index (κ2) is 5.66. The molecule has 1 aliphatic carbocycles. The fourth-order valence-corrected chi connectivity index (χ4v) is 3.03. The van der Waals surface area contributed by atoms with Crippen molar-refractivity contribution in [3.05, 3.63) is 12.2 Å². The van der Waals surface area contributed by atoms with E-state index >= 15 is 0 Å². The van der Waals surface area contributed by atoms with Crippen molar-refractivity contribution in [3.63, 3.8) is 0 Å². The zero-order chi connectivity index (χ0) is 10.5. The minimum atomic E-state index is 0.718. The van der Waals surface area contributed by atoms with Crippen LogP contribution in [0.3, 0.4) is 0 Å². The average Bonchev–Trinajstić information content (AvgIpc) is 2.31. The molecule has 15 heavy (non-hydrogen) atoms. The van der Waals surface area contributed by atoms with Gasteiger partial charge in [-0.15, -0.1) is 0 Å². The van der Waals surface area contributed by atoms with Crippen molar-refractivity contribution < 1.29 is 0 Å². The van der Waals surface area contributed by atoms with Crippen molar-refractivity contribution in [2.75, 3.05) is 13.1 Å². The topological polar surface area (TPSA) is 29.3 Å². The number of allylic oxidation sites excluding steroid dienone is 1. The van der Waals surface area contributed by atoms with Crippen molar-refractivity contribution in [2.45, 2.75) is 57.0 Å². The largest absolute Gasteiger partial charge is 0.330 e. The van der Waals surface area contributed by atoms with Gasteiger partial charge in [-0.25, -0.2) is 0 Å². The first-order chi connectivity index (χ1) is 7.42. The maximum absolute atomic E-state index is 5.71. The summed E-state index contributed by atoms with van der Waals surface area (Å²) in [5, 5.41) is 0. The fourth-order valence-electron chi connectivity index (χ4n) is 3.03. The molecule has 2 rings (SSSR count). The van der Waals surface area contributed by atoms with E-state index in [0.29, 0.717) is 0 Å². The molecule has 2 unspecified atom stereocenters. The molecule has 0 saturated carbocycles. The Morgan fingerprint density at radius 1 is 1.20 bits per heavy atom. The zero-order valence-electron chi connectivity index (χ0n) is 9.70. The normalized spacial score (nSPS) is 33.1. The van der Waals surface area contributed by atoms with Gasteiger partial charge < -0.3 is 5.73 Å². The summed E-state index contributed by atoms with van der Waals surface area (Å²) in [6, 6.07) is 1.48. The van der Waals surface area contributed by atoms with E-state index in [1.165, 1.54) is 51.5 Å². The van der Waals surface area contributed by atoms with E-state index < -0.39 is 0 Å². The Kier molecular flexibility index (Phi) is 4.21. The fraction of sp³-hybridized carbons (Fsp3) is 0.846. The lowest BCUT2D eigenvalue weighted by Gasteiger charge is -2.41. The van der Waals surface area contributed by atoms with Crippen LogP contribution < -0.4 is 5.73 Å². The summed E-state index contributed by atoms with van der Waals surface area (Å²) in [6.45, 7) is 2.14. The van der Waals surface area contributed by atoms with Crippen LogP contribution in [-0.4, -0.2) is 30.1 Å². The number of likely N-dealkylation sites (tertiary alicyclic amines) is 1. The highest BCUT2D eigenvalue weighted by Gasteiger charge is 2.27. The molecular weight excluding hydrogens is 184 g/mol. The van der Waals surface area contributed by atoms with Crippen molar-refractivity contribution >= 4 is 0 Å². The summed E-state index contributed by atoms with van der Waals surface area (Å²) < 4.78 is 0. The van der Waals surface area contributed by atoms with Gasteiger partial charge in [0.25, 0.3) is 0 Å². The van der Waals surface area contributed by atoms with Gasteiger partial charge in [0, 0.05) is 12.1 Å². The average molecular weight is 208 g/mol. The molecule has 0 aromatic carbocycles. The molecule has 2 aliphatic rings. The Bertz CT molecular complexity index is 211. The highest BCUT2D eigenvalue weighted by atomic mass is 15.2. The first-order valence-corrected chi connectivity index (χ1v) is 6.54. The number of hydrogen-bond donors (Lipinski definition) is 1. The molecule has 1 fully saturated rings. The van der Waals surface area contributed by atoms with E-state index in [1.807, 2.05) is 0 Å². The lowest BCUT2D eigenvalue weighted by Crippen LogP contribution is -2.46. The molecule has 0 spiro atoms. The molecular formula is C13H24N2. The molecule has 1 saturated heterocycles. The molecule has 0 radical (unpaired) electrons. The third-order valence-corrected chi connectivity index (χ3v) is 3.83. The van der Waals surface area contributed by atoms with E-state index in [1.54, 1.807) is 0 Å². The van der Waals surface area contributed by atoms with Gasteiger partial charge in [0.15, 0.2) is 0 Å². The first-order valence-electron chi connectivity index (χ1n) is 6.54. The van der Waals surface area contributed by atoms with E-state index in [4.69, 9.17) is 5.73 Å². The van der Waals surface area contributed by atoms with Crippen LogP contribution in [0.25, 0.3) is 0 Å². The predicted molar refractivity (Wildman–Crippen MR) is 64.8 cm³/mol. The van der Waals surface area contributed by atoms with E-state index in [9.17, 15) is 0 Å². The lowest BCUT2D eigenvalue weighted by molar-refractivity contribution is 0.104. The second-order valence-electron chi connectivity index (χ2n) is 4.89. The van der Waals surface area contributed by atoms with Gasteiger partial charge in [-0.1, -0.05) is 18.6 Å². The minimum absolute atomic E-state index is 0.718. The molecule has 0 amide bonds. The number of rotatable bonds is 3. The molecule has 2 heteroatoms. The summed E-state index contributed by atoms with van der Waals surface area (Å²) in [5.41, 5.74) is 5.71. The minimum Gasteiger partial charge on any atom is -0.330 e. The van der Waals surface area contributed by atoms with Gasteiger partial charge in [-0.2, -0.15) is 0 Å². The molecule has 2 nitrogen and oxygen atoms in total. The zero-order valence-corrected chi connectivity index (χ0v) is 9.70. The number of hydrogen-bond acceptors (Lipinski definition) is 2. The van der Waals surface area contributed by atoms with Crippen LogP contribution in [0.4, 0.5) is 0 Å². The molecule has 86 valence electrons. The first kappa shape index (κ1) is 11.2. The van der Waals surface area contributed by atoms with Gasteiger partial charge in [-0.3, -0.25) is 4.90 Å². The lowest BCUT2D eigenvalue weighted by atomic mass is 9.93. The third-order valence-electron chi connectivity index (χ3n) is 3.83. The molecule has 2 atom stereocenters. The van der Waals surface area contributed by atoms with Crippen molar-refractivity contribution in [1.82, 2.24) is 4.90 Å². The monoisotopic (exact) mass is 208 g/mol. The summed E-state index contributed by atoms with van der Waals surface area (Å²) in [6.07, 6.45) is 14.1. The summed E-state index contributed by atoms with van der Waals surface area (Å²) in [7, 11) is 0. The van der Waals surface area contributed by atoms with Crippen molar-refractivity contribution in [1.29, 1.82) is 0 Å². The van der Waals surface area contributed by atoms with Crippen LogP contribution in [0, 0.1) is 0 Å². The number of nitrogens with two attached hydrogens (primary N) is 1. The second-order valence-corrected chi connectivity index (χ2v) is 4.89. The molecule has 2 N–H and O–H groups in total. The summed E-state index contributed by atoms with van der Waals surface area (Å²) in [5.74, 6) is 0. The molecule has 0 aromatic heterocycles. The van der Waals surface area contributed by atoms with Crippen LogP contribution in [-0.2, 0) is 0 Å². The van der Waals surface area contributed by atoms with E-state index in [2.05, 4.69) is 17.1 Å². The summed E-state index contributed by atoms with van der Waals surface area (Å²) >= 11 is 0. The third kappa shape index (κ3) is 2.82. The van der Waals surface area contributed by atoms with Crippen LogP contribution in [0.15, 0.2) is 12.2 Å².